The van der Waals surface area contributed by atoms with E-state index in [9.17, 15) is 4.79 Å². The molecule has 2 aromatic carbocycles. The molecule has 0 radical (unpaired) electrons. The number of hydrogen-bond acceptors (Lipinski definition) is 2. The predicted molar refractivity (Wildman–Crippen MR) is 76.0 cm³/mol. The second-order valence-electron chi connectivity index (χ2n) is 4.22. The first-order chi connectivity index (χ1) is 8.65. The number of benzene rings is 2. The summed E-state index contributed by atoms with van der Waals surface area (Å²) in [4.78, 5) is 12.7. The van der Waals surface area contributed by atoms with Crippen LogP contribution in [0, 0.1) is 6.92 Å². The minimum atomic E-state index is -0.0650. The number of carbonyl (C=O) groups is 1. The van der Waals surface area contributed by atoms with E-state index in [2.05, 4.69) is 24.0 Å². The number of hydrogen-bond donors (Lipinski definition) is 2. The predicted octanol–water partition coefficient (Wildman–Crippen LogP) is 3.21. The molecular formula is C15H15NOS. The highest BCUT2D eigenvalue weighted by molar-refractivity contribution is 7.80. The van der Waals surface area contributed by atoms with Gasteiger partial charge in [-0.25, -0.2) is 0 Å². The number of rotatable bonds is 3. The second-order valence-corrected chi connectivity index (χ2v) is 4.74. The largest absolute Gasteiger partial charge is 0.348 e. The van der Waals surface area contributed by atoms with E-state index in [-0.39, 0.29) is 5.91 Å². The zero-order chi connectivity index (χ0) is 13.0. The van der Waals surface area contributed by atoms with E-state index in [1.807, 2.05) is 37.3 Å². The van der Waals surface area contributed by atoms with E-state index in [0.717, 1.165) is 10.5 Å². The molecule has 1 N–H and O–H groups in total. The fourth-order valence-corrected chi connectivity index (χ4v) is 1.87. The summed E-state index contributed by atoms with van der Waals surface area (Å²) in [6.45, 7) is 2.58. The van der Waals surface area contributed by atoms with Gasteiger partial charge in [0.15, 0.2) is 0 Å². The highest BCUT2D eigenvalue weighted by atomic mass is 32.1. The van der Waals surface area contributed by atoms with Crippen molar-refractivity contribution in [3.8, 4) is 0 Å². The molecule has 1 amide bonds. The van der Waals surface area contributed by atoms with Crippen LogP contribution in [0.4, 0.5) is 0 Å². The summed E-state index contributed by atoms with van der Waals surface area (Å²) >= 11 is 4.19. The van der Waals surface area contributed by atoms with Crippen molar-refractivity contribution in [1.82, 2.24) is 5.32 Å². The van der Waals surface area contributed by atoms with Crippen molar-refractivity contribution in [3.05, 3.63) is 65.2 Å². The van der Waals surface area contributed by atoms with E-state index >= 15 is 0 Å². The summed E-state index contributed by atoms with van der Waals surface area (Å²) < 4.78 is 0. The Morgan fingerprint density at radius 3 is 2.56 bits per heavy atom. The van der Waals surface area contributed by atoms with Crippen LogP contribution < -0.4 is 5.32 Å². The lowest BCUT2D eigenvalue weighted by Gasteiger charge is -2.06. The van der Waals surface area contributed by atoms with Gasteiger partial charge in [-0.3, -0.25) is 4.79 Å². The maximum Gasteiger partial charge on any atom is 0.251 e. The molecule has 0 heterocycles. The van der Waals surface area contributed by atoms with E-state index < -0.39 is 0 Å². The third-order valence-corrected chi connectivity index (χ3v) is 2.96. The molecule has 2 aromatic rings. The molecule has 2 nitrogen and oxygen atoms in total. The van der Waals surface area contributed by atoms with Gasteiger partial charge in [0.05, 0.1) is 0 Å². The maximum atomic E-state index is 11.9. The van der Waals surface area contributed by atoms with Crippen LogP contribution in [0.25, 0.3) is 0 Å². The Labute approximate surface area is 112 Å². The van der Waals surface area contributed by atoms with Crippen LogP contribution >= 0.6 is 12.6 Å². The minimum Gasteiger partial charge on any atom is -0.348 e. The number of carbonyl (C=O) groups excluding carboxylic acids is 1. The zero-order valence-corrected chi connectivity index (χ0v) is 11.1. The van der Waals surface area contributed by atoms with E-state index in [1.54, 1.807) is 12.1 Å². The normalized spacial score (nSPS) is 10.1. The first kappa shape index (κ1) is 12.7. The summed E-state index contributed by atoms with van der Waals surface area (Å²) in [5.41, 5.74) is 2.95. The van der Waals surface area contributed by atoms with Crippen molar-refractivity contribution in [1.29, 1.82) is 0 Å². The second kappa shape index (κ2) is 5.74. The molecule has 3 heteroatoms. The topological polar surface area (TPSA) is 29.1 Å². The molecule has 0 aliphatic heterocycles. The quantitative estimate of drug-likeness (QED) is 0.812. The fraction of sp³-hybridized carbons (Fsp3) is 0.133. The van der Waals surface area contributed by atoms with Crippen molar-refractivity contribution in [3.63, 3.8) is 0 Å². The van der Waals surface area contributed by atoms with Crippen LogP contribution in [0.1, 0.15) is 21.5 Å². The monoisotopic (exact) mass is 257 g/mol. The van der Waals surface area contributed by atoms with Gasteiger partial charge in [-0.1, -0.05) is 29.8 Å². The Morgan fingerprint density at radius 1 is 1.17 bits per heavy atom. The van der Waals surface area contributed by atoms with Crippen molar-refractivity contribution in [2.75, 3.05) is 0 Å². The SMILES string of the molecule is Cc1cccc(CNC(=O)c2ccc(S)cc2)c1. The number of thiol groups is 1. The average molecular weight is 257 g/mol. The number of aryl methyl sites for hydroxylation is 1. The number of nitrogens with one attached hydrogen (secondary N) is 1. The highest BCUT2D eigenvalue weighted by Gasteiger charge is 2.04. The van der Waals surface area contributed by atoms with Gasteiger partial charge in [-0.05, 0) is 36.8 Å². The van der Waals surface area contributed by atoms with Crippen LogP contribution in [-0.2, 0) is 6.54 Å². The summed E-state index contributed by atoms with van der Waals surface area (Å²) in [7, 11) is 0. The van der Waals surface area contributed by atoms with Crippen molar-refractivity contribution >= 4 is 18.5 Å². The van der Waals surface area contributed by atoms with Crippen molar-refractivity contribution in [2.24, 2.45) is 0 Å². The summed E-state index contributed by atoms with van der Waals surface area (Å²) in [5, 5.41) is 2.90. The summed E-state index contributed by atoms with van der Waals surface area (Å²) in [6.07, 6.45) is 0. The number of amides is 1. The Balaban J connectivity index is 1.98. The smallest absolute Gasteiger partial charge is 0.251 e. The lowest BCUT2D eigenvalue weighted by molar-refractivity contribution is 0.0951. The van der Waals surface area contributed by atoms with Gasteiger partial charge >= 0.3 is 0 Å². The van der Waals surface area contributed by atoms with Crippen LogP contribution in [-0.4, -0.2) is 5.91 Å². The van der Waals surface area contributed by atoms with E-state index in [1.165, 1.54) is 5.56 Å². The molecule has 0 saturated heterocycles. The Kier molecular flexibility index (Phi) is 4.05. The molecule has 0 atom stereocenters. The van der Waals surface area contributed by atoms with Gasteiger partial charge in [0.1, 0.15) is 0 Å². The van der Waals surface area contributed by atoms with Gasteiger partial charge < -0.3 is 5.32 Å². The molecule has 2 rings (SSSR count). The lowest BCUT2D eigenvalue weighted by atomic mass is 10.1. The standard InChI is InChI=1S/C15H15NOS/c1-11-3-2-4-12(9-11)10-16-15(17)13-5-7-14(18)8-6-13/h2-9,18H,10H2,1H3,(H,16,17). The molecule has 0 aromatic heterocycles. The third kappa shape index (κ3) is 3.37. The highest BCUT2D eigenvalue weighted by Crippen LogP contribution is 2.08. The molecule has 18 heavy (non-hydrogen) atoms. The first-order valence-corrected chi connectivity index (χ1v) is 6.22. The Hall–Kier alpha value is -1.74. The van der Waals surface area contributed by atoms with E-state index in [4.69, 9.17) is 0 Å². The zero-order valence-electron chi connectivity index (χ0n) is 10.2. The van der Waals surface area contributed by atoms with Crippen LogP contribution in [0.2, 0.25) is 0 Å². The molecule has 0 spiro atoms. The molecular weight excluding hydrogens is 242 g/mol. The Morgan fingerprint density at radius 2 is 1.89 bits per heavy atom. The summed E-state index contributed by atoms with van der Waals surface area (Å²) in [6, 6.07) is 15.3. The summed E-state index contributed by atoms with van der Waals surface area (Å²) in [5.74, 6) is -0.0650. The molecule has 0 aliphatic rings. The Bertz CT molecular complexity index is 549. The molecule has 0 unspecified atom stereocenters. The minimum absolute atomic E-state index is 0.0650. The average Bonchev–Trinajstić information content (AvgIpc) is 2.37. The first-order valence-electron chi connectivity index (χ1n) is 5.78. The molecule has 0 saturated carbocycles. The van der Waals surface area contributed by atoms with Crippen LogP contribution in [0.15, 0.2) is 53.4 Å². The third-order valence-electron chi connectivity index (χ3n) is 2.67. The van der Waals surface area contributed by atoms with Gasteiger partial charge in [0.25, 0.3) is 5.91 Å². The van der Waals surface area contributed by atoms with Gasteiger partial charge in [0, 0.05) is 17.0 Å². The van der Waals surface area contributed by atoms with E-state index in [0.29, 0.717) is 12.1 Å². The lowest BCUT2D eigenvalue weighted by Crippen LogP contribution is -2.22. The van der Waals surface area contributed by atoms with Crippen LogP contribution in [0.3, 0.4) is 0 Å². The molecule has 0 aliphatic carbocycles. The molecule has 92 valence electrons. The fourth-order valence-electron chi connectivity index (χ4n) is 1.72. The van der Waals surface area contributed by atoms with Crippen LogP contribution in [0.5, 0.6) is 0 Å². The molecule has 0 fully saturated rings. The molecule has 0 bridgehead atoms. The maximum absolute atomic E-state index is 11.9. The van der Waals surface area contributed by atoms with Gasteiger partial charge in [0.2, 0.25) is 0 Å². The van der Waals surface area contributed by atoms with Crippen molar-refractivity contribution in [2.45, 2.75) is 18.4 Å². The van der Waals surface area contributed by atoms with Gasteiger partial charge in [-0.15, -0.1) is 12.6 Å². The van der Waals surface area contributed by atoms with Gasteiger partial charge in [-0.2, -0.15) is 0 Å². The van der Waals surface area contributed by atoms with Crippen molar-refractivity contribution < 1.29 is 4.79 Å².